The van der Waals surface area contributed by atoms with E-state index >= 15 is 0 Å². The number of carbonyl (C=O) groups is 1. The van der Waals surface area contributed by atoms with Crippen LogP contribution in [0.25, 0.3) is 0 Å². The number of amides is 1. The summed E-state index contributed by atoms with van der Waals surface area (Å²) in [5, 5.41) is 0. The Morgan fingerprint density at radius 2 is 1.94 bits per heavy atom. The summed E-state index contributed by atoms with van der Waals surface area (Å²) in [5.41, 5.74) is 6.73. The third-order valence-electron chi connectivity index (χ3n) is 3.05. The molecule has 0 unspecified atom stereocenters. The summed E-state index contributed by atoms with van der Waals surface area (Å²) in [4.78, 5) is 15.8. The molecule has 1 aromatic carbocycles. The third kappa shape index (κ3) is 3.28. The number of hydrogen-bond acceptors (Lipinski definition) is 3. The van der Waals surface area contributed by atoms with Crippen LogP contribution in [0.4, 0.5) is 0 Å². The number of hydrogen-bond donors (Lipinski definition) is 1. The van der Waals surface area contributed by atoms with E-state index in [1.54, 1.807) is 0 Å². The first-order valence-electron chi connectivity index (χ1n) is 6.03. The number of benzene rings is 1. The first-order valence-corrected chi connectivity index (χ1v) is 6.03. The average Bonchev–Trinajstić information content (AvgIpc) is 2.34. The highest BCUT2D eigenvalue weighted by atomic mass is 16.2. The van der Waals surface area contributed by atoms with Crippen molar-refractivity contribution in [3.63, 3.8) is 0 Å². The van der Waals surface area contributed by atoms with Crippen molar-refractivity contribution in [2.75, 3.05) is 32.7 Å². The van der Waals surface area contributed by atoms with Crippen molar-refractivity contribution in [2.45, 2.75) is 6.54 Å². The first kappa shape index (κ1) is 12.1. The predicted octanol–water partition coefficient (Wildman–Crippen LogP) is 0.290. The molecule has 1 heterocycles. The standard InChI is InChI=1S/C13H19N3O/c14-6-7-16-9-8-15(11-13(16)17)10-12-4-2-1-3-5-12/h1-5H,6-11,14H2. The minimum absolute atomic E-state index is 0.192. The normalized spacial score (nSPS) is 17.5. The fourth-order valence-electron chi connectivity index (χ4n) is 2.13. The van der Waals surface area contributed by atoms with Crippen LogP contribution in [0.3, 0.4) is 0 Å². The fourth-order valence-corrected chi connectivity index (χ4v) is 2.13. The molecule has 0 saturated carbocycles. The van der Waals surface area contributed by atoms with E-state index in [0.717, 1.165) is 19.6 Å². The van der Waals surface area contributed by atoms with Crippen molar-refractivity contribution in [2.24, 2.45) is 5.73 Å². The van der Waals surface area contributed by atoms with Crippen molar-refractivity contribution in [1.29, 1.82) is 0 Å². The van der Waals surface area contributed by atoms with E-state index in [1.165, 1.54) is 5.56 Å². The zero-order chi connectivity index (χ0) is 12.1. The molecule has 0 radical (unpaired) electrons. The fraction of sp³-hybridized carbons (Fsp3) is 0.462. The summed E-state index contributed by atoms with van der Waals surface area (Å²) < 4.78 is 0. The summed E-state index contributed by atoms with van der Waals surface area (Å²) in [6, 6.07) is 10.3. The molecule has 0 bridgehead atoms. The van der Waals surface area contributed by atoms with Gasteiger partial charge in [0.2, 0.25) is 5.91 Å². The molecule has 1 aromatic rings. The van der Waals surface area contributed by atoms with Crippen LogP contribution in [0.2, 0.25) is 0 Å². The van der Waals surface area contributed by atoms with Crippen molar-refractivity contribution >= 4 is 5.91 Å². The molecule has 92 valence electrons. The van der Waals surface area contributed by atoms with E-state index in [4.69, 9.17) is 5.73 Å². The Balaban J connectivity index is 1.87. The van der Waals surface area contributed by atoms with Crippen LogP contribution in [-0.2, 0) is 11.3 Å². The molecule has 4 heteroatoms. The number of piperazine rings is 1. The van der Waals surface area contributed by atoms with Gasteiger partial charge in [-0.25, -0.2) is 0 Å². The second-order valence-electron chi connectivity index (χ2n) is 4.37. The lowest BCUT2D eigenvalue weighted by Crippen LogP contribution is -2.51. The summed E-state index contributed by atoms with van der Waals surface area (Å²) >= 11 is 0. The van der Waals surface area contributed by atoms with Gasteiger partial charge in [-0.2, -0.15) is 0 Å². The van der Waals surface area contributed by atoms with Gasteiger partial charge in [0.15, 0.2) is 0 Å². The third-order valence-corrected chi connectivity index (χ3v) is 3.05. The van der Waals surface area contributed by atoms with Gasteiger partial charge in [0.1, 0.15) is 0 Å². The van der Waals surface area contributed by atoms with Crippen molar-refractivity contribution in [3.05, 3.63) is 35.9 Å². The van der Waals surface area contributed by atoms with Gasteiger partial charge < -0.3 is 10.6 Å². The van der Waals surface area contributed by atoms with Crippen LogP contribution in [0, 0.1) is 0 Å². The predicted molar refractivity (Wildman–Crippen MR) is 67.4 cm³/mol. The lowest BCUT2D eigenvalue weighted by Gasteiger charge is -2.34. The summed E-state index contributed by atoms with van der Waals surface area (Å²) in [6.07, 6.45) is 0. The molecule has 1 aliphatic heterocycles. The number of nitrogens with zero attached hydrogens (tertiary/aromatic N) is 2. The molecule has 17 heavy (non-hydrogen) atoms. The Morgan fingerprint density at radius 3 is 2.59 bits per heavy atom. The van der Waals surface area contributed by atoms with Gasteiger partial charge in [-0.15, -0.1) is 0 Å². The quantitative estimate of drug-likeness (QED) is 0.813. The molecule has 1 fully saturated rings. The average molecular weight is 233 g/mol. The van der Waals surface area contributed by atoms with Crippen LogP contribution in [0.5, 0.6) is 0 Å². The van der Waals surface area contributed by atoms with Gasteiger partial charge in [-0.1, -0.05) is 30.3 Å². The van der Waals surface area contributed by atoms with Crippen LogP contribution >= 0.6 is 0 Å². The lowest BCUT2D eigenvalue weighted by atomic mass is 10.2. The highest BCUT2D eigenvalue weighted by Crippen LogP contribution is 2.08. The van der Waals surface area contributed by atoms with Gasteiger partial charge in [-0.05, 0) is 5.56 Å². The topological polar surface area (TPSA) is 49.6 Å². The van der Waals surface area contributed by atoms with Crippen LogP contribution < -0.4 is 5.73 Å². The van der Waals surface area contributed by atoms with E-state index in [-0.39, 0.29) is 5.91 Å². The maximum absolute atomic E-state index is 11.8. The smallest absolute Gasteiger partial charge is 0.236 e. The SMILES string of the molecule is NCCN1CCN(Cc2ccccc2)CC1=O. The van der Waals surface area contributed by atoms with E-state index in [0.29, 0.717) is 19.6 Å². The zero-order valence-corrected chi connectivity index (χ0v) is 10.0. The van der Waals surface area contributed by atoms with Crippen LogP contribution in [0.1, 0.15) is 5.56 Å². The summed E-state index contributed by atoms with van der Waals surface area (Å²) in [6.45, 7) is 4.31. The number of nitrogens with two attached hydrogens (primary N) is 1. The molecular weight excluding hydrogens is 214 g/mol. The van der Waals surface area contributed by atoms with Gasteiger partial charge in [0, 0.05) is 32.7 Å². The first-order chi connectivity index (χ1) is 8.29. The molecule has 1 aliphatic rings. The van der Waals surface area contributed by atoms with Gasteiger partial charge in [0.25, 0.3) is 0 Å². The Labute approximate surface area is 102 Å². The highest BCUT2D eigenvalue weighted by Gasteiger charge is 2.22. The van der Waals surface area contributed by atoms with E-state index in [9.17, 15) is 4.79 Å². The Hall–Kier alpha value is -1.39. The molecule has 0 aromatic heterocycles. The maximum atomic E-state index is 11.8. The molecular formula is C13H19N3O. The van der Waals surface area contributed by atoms with E-state index in [1.807, 2.05) is 23.1 Å². The van der Waals surface area contributed by atoms with Gasteiger partial charge in [-0.3, -0.25) is 9.69 Å². The summed E-state index contributed by atoms with van der Waals surface area (Å²) in [7, 11) is 0. The molecule has 1 amide bonds. The minimum atomic E-state index is 0.192. The molecule has 2 rings (SSSR count). The van der Waals surface area contributed by atoms with Gasteiger partial charge in [0.05, 0.1) is 6.54 Å². The van der Waals surface area contributed by atoms with Crippen LogP contribution in [-0.4, -0.2) is 48.4 Å². The number of carbonyl (C=O) groups excluding carboxylic acids is 1. The Morgan fingerprint density at radius 1 is 1.18 bits per heavy atom. The molecule has 0 spiro atoms. The van der Waals surface area contributed by atoms with E-state index < -0.39 is 0 Å². The summed E-state index contributed by atoms with van der Waals surface area (Å²) in [5.74, 6) is 0.192. The van der Waals surface area contributed by atoms with Crippen molar-refractivity contribution in [3.8, 4) is 0 Å². The lowest BCUT2D eigenvalue weighted by molar-refractivity contribution is -0.136. The maximum Gasteiger partial charge on any atom is 0.236 e. The largest absolute Gasteiger partial charge is 0.339 e. The van der Waals surface area contributed by atoms with Crippen LogP contribution in [0.15, 0.2) is 30.3 Å². The monoisotopic (exact) mass is 233 g/mol. The minimum Gasteiger partial charge on any atom is -0.339 e. The number of rotatable bonds is 4. The van der Waals surface area contributed by atoms with Crippen molar-refractivity contribution in [1.82, 2.24) is 9.80 Å². The molecule has 4 nitrogen and oxygen atoms in total. The van der Waals surface area contributed by atoms with E-state index in [2.05, 4.69) is 17.0 Å². The van der Waals surface area contributed by atoms with Gasteiger partial charge >= 0.3 is 0 Å². The second kappa shape index (κ2) is 5.80. The second-order valence-corrected chi connectivity index (χ2v) is 4.37. The molecule has 2 N–H and O–H groups in total. The molecule has 0 atom stereocenters. The molecule has 0 aliphatic carbocycles. The zero-order valence-electron chi connectivity index (χ0n) is 10.0. The highest BCUT2D eigenvalue weighted by molar-refractivity contribution is 5.79. The van der Waals surface area contributed by atoms with Crippen molar-refractivity contribution < 1.29 is 4.79 Å². The molecule has 1 saturated heterocycles. The Kier molecular flexibility index (Phi) is 4.12. The Bertz CT molecular complexity index is 366.